The monoisotopic (exact) mass is 221 g/mol. The molecule has 1 N–H and O–H groups in total. The van der Waals surface area contributed by atoms with Crippen LogP contribution in [-0.2, 0) is 17.6 Å². The number of pyridine rings is 1. The second-order valence-electron chi connectivity index (χ2n) is 4.40. The van der Waals surface area contributed by atoms with E-state index in [0.29, 0.717) is 6.42 Å². The molecule has 1 heterocycles. The predicted octanol–water partition coefficient (Wildman–Crippen LogP) is 2.54. The molecule has 1 aromatic rings. The Hall–Kier alpha value is -1.38. The first-order valence-corrected chi connectivity index (χ1v) is 5.71. The van der Waals surface area contributed by atoms with Crippen LogP contribution in [0.3, 0.4) is 0 Å². The maximum atomic E-state index is 11.0. The lowest BCUT2D eigenvalue weighted by molar-refractivity contribution is -0.143. The first kappa shape index (κ1) is 12.7. The molecule has 1 rings (SSSR count). The molecule has 16 heavy (non-hydrogen) atoms. The van der Waals surface area contributed by atoms with Crippen molar-refractivity contribution in [1.29, 1.82) is 0 Å². The van der Waals surface area contributed by atoms with E-state index in [0.717, 1.165) is 12.1 Å². The summed E-state index contributed by atoms with van der Waals surface area (Å²) >= 11 is 0. The van der Waals surface area contributed by atoms with Crippen molar-refractivity contribution in [2.45, 2.75) is 33.6 Å². The van der Waals surface area contributed by atoms with Crippen LogP contribution < -0.4 is 0 Å². The first-order chi connectivity index (χ1) is 7.54. The summed E-state index contributed by atoms with van der Waals surface area (Å²) in [5.41, 5.74) is 2.04. The lowest BCUT2D eigenvalue weighted by Crippen LogP contribution is -2.22. The van der Waals surface area contributed by atoms with Crippen LogP contribution in [0.4, 0.5) is 0 Å². The molecule has 0 saturated heterocycles. The van der Waals surface area contributed by atoms with E-state index >= 15 is 0 Å². The fourth-order valence-electron chi connectivity index (χ4n) is 1.62. The number of hydrogen-bond donors (Lipinski definition) is 1. The van der Waals surface area contributed by atoms with Crippen molar-refractivity contribution in [2.75, 3.05) is 0 Å². The molecular weight excluding hydrogens is 202 g/mol. The van der Waals surface area contributed by atoms with Crippen molar-refractivity contribution in [3.8, 4) is 0 Å². The number of carboxylic acids is 1. The normalized spacial score (nSPS) is 12.8. The lowest BCUT2D eigenvalue weighted by Gasteiger charge is -2.15. The van der Waals surface area contributed by atoms with Gasteiger partial charge >= 0.3 is 5.97 Å². The molecule has 3 heteroatoms. The maximum absolute atomic E-state index is 11.0. The van der Waals surface area contributed by atoms with E-state index in [1.165, 1.54) is 5.56 Å². The number of hydrogen-bond acceptors (Lipinski definition) is 2. The lowest BCUT2D eigenvalue weighted by atomic mass is 9.91. The second-order valence-corrected chi connectivity index (χ2v) is 4.40. The molecule has 0 aromatic carbocycles. The number of aryl methyl sites for hydroxylation is 1. The van der Waals surface area contributed by atoms with Crippen molar-refractivity contribution in [1.82, 2.24) is 4.98 Å². The maximum Gasteiger partial charge on any atom is 0.307 e. The van der Waals surface area contributed by atoms with Crippen molar-refractivity contribution in [3.05, 3.63) is 29.6 Å². The standard InChI is InChI=1S/C13H19NO2/c1-4-10-5-6-11(14-8-10)7-12(9(2)3)13(15)16/h5-6,8-9,12H,4,7H2,1-3H3,(H,15,16). The molecule has 0 bridgehead atoms. The third-order valence-electron chi connectivity index (χ3n) is 2.85. The SMILES string of the molecule is CCc1ccc(CC(C(=O)O)C(C)C)nc1. The van der Waals surface area contributed by atoms with Gasteiger partial charge in [-0.25, -0.2) is 0 Å². The Balaban J connectivity index is 2.74. The van der Waals surface area contributed by atoms with E-state index in [1.807, 2.05) is 32.2 Å². The van der Waals surface area contributed by atoms with Crippen molar-refractivity contribution >= 4 is 5.97 Å². The van der Waals surface area contributed by atoms with Crippen LogP contribution in [-0.4, -0.2) is 16.1 Å². The number of nitrogens with zero attached hydrogens (tertiary/aromatic N) is 1. The van der Waals surface area contributed by atoms with Gasteiger partial charge in [0.1, 0.15) is 0 Å². The highest BCUT2D eigenvalue weighted by molar-refractivity contribution is 5.70. The van der Waals surface area contributed by atoms with Gasteiger partial charge < -0.3 is 5.11 Å². The molecule has 1 aromatic heterocycles. The van der Waals surface area contributed by atoms with Crippen LogP contribution in [0.2, 0.25) is 0 Å². The number of carboxylic acid groups (broad SMARTS) is 1. The second kappa shape index (κ2) is 5.64. The van der Waals surface area contributed by atoms with Gasteiger partial charge in [0.15, 0.2) is 0 Å². The molecule has 0 aliphatic carbocycles. The molecule has 1 atom stereocenters. The zero-order valence-corrected chi connectivity index (χ0v) is 10.1. The highest BCUT2D eigenvalue weighted by Crippen LogP contribution is 2.16. The Morgan fingerprint density at radius 3 is 2.50 bits per heavy atom. The van der Waals surface area contributed by atoms with Gasteiger partial charge in [-0.2, -0.15) is 0 Å². The van der Waals surface area contributed by atoms with Gasteiger partial charge in [0.25, 0.3) is 0 Å². The molecule has 0 aliphatic rings. The minimum absolute atomic E-state index is 0.130. The molecule has 0 amide bonds. The summed E-state index contributed by atoms with van der Waals surface area (Å²) in [6.45, 7) is 5.93. The zero-order chi connectivity index (χ0) is 12.1. The zero-order valence-electron chi connectivity index (χ0n) is 10.1. The van der Waals surface area contributed by atoms with Gasteiger partial charge in [-0.1, -0.05) is 26.8 Å². The van der Waals surface area contributed by atoms with Crippen LogP contribution in [0.5, 0.6) is 0 Å². The van der Waals surface area contributed by atoms with Gasteiger partial charge in [0, 0.05) is 18.3 Å². The molecule has 88 valence electrons. The smallest absolute Gasteiger partial charge is 0.307 e. The Morgan fingerprint density at radius 1 is 1.44 bits per heavy atom. The number of carbonyl (C=O) groups is 1. The topological polar surface area (TPSA) is 50.2 Å². The fourth-order valence-corrected chi connectivity index (χ4v) is 1.62. The van der Waals surface area contributed by atoms with Gasteiger partial charge in [0.05, 0.1) is 5.92 Å². The molecule has 0 spiro atoms. The molecule has 0 radical (unpaired) electrons. The molecule has 1 unspecified atom stereocenters. The largest absolute Gasteiger partial charge is 0.481 e. The molecule has 0 aliphatic heterocycles. The van der Waals surface area contributed by atoms with Gasteiger partial charge in [0.2, 0.25) is 0 Å². The van der Waals surface area contributed by atoms with Gasteiger partial charge in [-0.15, -0.1) is 0 Å². The summed E-state index contributed by atoms with van der Waals surface area (Å²) in [5.74, 6) is -0.957. The van der Waals surface area contributed by atoms with E-state index < -0.39 is 5.97 Å². The van der Waals surface area contributed by atoms with Crippen molar-refractivity contribution < 1.29 is 9.90 Å². The van der Waals surface area contributed by atoms with E-state index in [-0.39, 0.29) is 11.8 Å². The van der Waals surface area contributed by atoms with Crippen LogP contribution >= 0.6 is 0 Å². The third kappa shape index (κ3) is 3.33. The number of aromatic nitrogens is 1. The Bertz CT molecular complexity index is 343. The highest BCUT2D eigenvalue weighted by atomic mass is 16.4. The summed E-state index contributed by atoms with van der Waals surface area (Å²) in [6, 6.07) is 3.94. The van der Waals surface area contributed by atoms with Crippen LogP contribution in [0.1, 0.15) is 32.0 Å². The van der Waals surface area contributed by atoms with Crippen LogP contribution in [0, 0.1) is 11.8 Å². The average molecular weight is 221 g/mol. The summed E-state index contributed by atoms with van der Waals surface area (Å²) < 4.78 is 0. The molecule has 0 fully saturated rings. The predicted molar refractivity (Wildman–Crippen MR) is 63.3 cm³/mol. The first-order valence-electron chi connectivity index (χ1n) is 5.71. The fraction of sp³-hybridized carbons (Fsp3) is 0.538. The molecule has 0 saturated carbocycles. The summed E-state index contributed by atoms with van der Waals surface area (Å²) in [4.78, 5) is 15.3. The summed E-state index contributed by atoms with van der Waals surface area (Å²) in [5, 5.41) is 9.08. The molecule has 3 nitrogen and oxygen atoms in total. The van der Waals surface area contributed by atoms with Crippen molar-refractivity contribution in [3.63, 3.8) is 0 Å². The summed E-state index contributed by atoms with van der Waals surface area (Å²) in [6.07, 6.45) is 3.30. The Kier molecular flexibility index (Phi) is 4.47. The quantitative estimate of drug-likeness (QED) is 0.831. The van der Waals surface area contributed by atoms with Crippen LogP contribution in [0.25, 0.3) is 0 Å². The van der Waals surface area contributed by atoms with E-state index in [1.54, 1.807) is 0 Å². The van der Waals surface area contributed by atoms with Crippen LogP contribution in [0.15, 0.2) is 18.3 Å². The molecular formula is C13H19NO2. The van der Waals surface area contributed by atoms with E-state index in [9.17, 15) is 4.79 Å². The number of aliphatic carboxylic acids is 1. The average Bonchev–Trinajstić information content (AvgIpc) is 2.25. The Labute approximate surface area is 96.5 Å². The highest BCUT2D eigenvalue weighted by Gasteiger charge is 2.22. The minimum Gasteiger partial charge on any atom is -0.481 e. The van der Waals surface area contributed by atoms with Crippen molar-refractivity contribution in [2.24, 2.45) is 11.8 Å². The summed E-state index contributed by atoms with van der Waals surface area (Å²) in [7, 11) is 0. The van der Waals surface area contributed by atoms with E-state index in [4.69, 9.17) is 5.11 Å². The van der Waals surface area contributed by atoms with E-state index in [2.05, 4.69) is 11.9 Å². The van der Waals surface area contributed by atoms with Gasteiger partial charge in [-0.3, -0.25) is 9.78 Å². The van der Waals surface area contributed by atoms with Gasteiger partial charge in [-0.05, 0) is 24.0 Å². The Morgan fingerprint density at radius 2 is 2.12 bits per heavy atom. The number of rotatable bonds is 5. The minimum atomic E-state index is -0.739. The third-order valence-corrected chi connectivity index (χ3v) is 2.85.